The molecular weight excluding hydrogens is 1110 g/mol. The fourth-order valence-corrected chi connectivity index (χ4v) is 10.3. The van der Waals surface area contributed by atoms with Crippen molar-refractivity contribution in [3.05, 3.63) is 0 Å². The van der Waals surface area contributed by atoms with Crippen LogP contribution < -0.4 is 16.0 Å². The standard InChI is InChI=1S/C42H71N3O33S/c1-10-22(53)28(59)30(61)40(68-10)77-36-29(60)23(54)14(5-46)72-42(36)76-34-21(45-13(4)52)39(70-15(6-47)24(34)55)75-33-20(44-12(3)51)37(63)69-18(26(33)57)9-67-38-19(43-11(2)50)27(58)32(17(8-49)73-38)74-41-31(62)35(78-79(64,65)66)25(56)16(7-48)71-41/h10,14-42,46-49,53-63H,5-9H2,1-4H3,(H,43,50)(H,44,51)(H,45,52)(H,64,65,66)/t10-,14+,15+,16+,17+,18+,19+,20+,21+,22+,23-,24+,25-,26-,27+,28+,29-,30-,31+,32+,33+,34+,35-,36+,37?,38+,39-,40-,41-,42-/m0/s1. The fraction of sp³-hybridized carbons (Fsp3) is 0.929. The number of rotatable bonds is 20. The van der Waals surface area contributed by atoms with Crippen molar-refractivity contribution in [1.29, 1.82) is 0 Å². The van der Waals surface area contributed by atoms with Gasteiger partial charge in [-0.2, -0.15) is 8.42 Å². The molecule has 36 nitrogen and oxygen atoms in total. The molecule has 6 fully saturated rings. The van der Waals surface area contributed by atoms with Gasteiger partial charge in [-0.25, -0.2) is 4.18 Å². The third-order valence-corrected chi connectivity index (χ3v) is 14.3. The van der Waals surface area contributed by atoms with E-state index in [-0.39, 0.29) is 0 Å². The van der Waals surface area contributed by atoms with E-state index in [9.17, 15) is 104 Å². The Kier molecular flexibility index (Phi) is 23.0. The van der Waals surface area contributed by atoms with Gasteiger partial charge in [0.25, 0.3) is 0 Å². The highest BCUT2D eigenvalue weighted by Gasteiger charge is 2.58. The number of aliphatic hydroxyl groups excluding tert-OH is 15. The van der Waals surface area contributed by atoms with Crippen molar-refractivity contribution < 1.29 is 160 Å². The van der Waals surface area contributed by atoms with Crippen LogP contribution in [0.25, 0.3) is 0 Å². The van der Waals surface area contributed by atoms with Gasteiger partial charge in [0.1, 0.15) is 140 Å². The van der Waals surface area contributed by atoms with Gasteiger partial charge in [-0.15, -0.1) is 0 Å². The summed E-state index contributed by atoms with van der Waals surface area (Å²) in [6, 6.07) is -5.30. The molecule has 6 aliphatic heterocycles. The molecule has 0 bridgehead atoms. The molecule has 19 N–H and O–H groups in total. The zero-order chi connectivity index (χ0) is 58.7. The molecule has 1 unspecified atom stereocenters. The van der Waals surface area contributed by atoms with E-state index in [0.717, 1.165) is 20.8 Å². The average Bonchev–Trinajstić information content (AvgIpc) is 3.43. The van der Waals surface area contributed by atoms with Crippen molar-refractivity contribution in [3.8, 4) is 0 Å². The second-order valence-corrected chi connectivity index (χ2v) is 20.5. The third kappa shape index (κ3) is 15.1. The molecule has 0 aromatic carbocycles. The van der Waals surface area contributed by atoms with Gasteiger partial charge in [0.05, 0.1) is 39.1 Å². The lowest BCUT2D eigenvalue weighted by Crippen LogP contribution is -2.71. The van der Waals surface area contributed by atoms with Crippen LogP contribution in [-0.4, -0.2) is 324 Å². The number of ether oxygens (including phenoxy) is 11. The fourth-order valence-electron chi connectivity index (χ4n) is 9.79. The van der Waals surface area contributed by atoms with Gasteiger partial charge in [0, 0.05) is 20.8 Å². The first-order valence-electron chi connectivity index (χ1n) is 24.6. The molecule has 6 saturated heterocycles. The highest BCUT2D eigenvalue weighted by molar-refractivity contribution is 7.80. The van der Waals surface area contributed by atoms with Crippen molar-refractivity contribution >= 4 is 28.1 Å². The van der Waals surface area contributed by atoms with Crippen molar-refractivity contribution in [2.75, 3.05) is 33.0 Å². The Morgan fingerprint density at radius 2 is 0.861 bits per heavy atom. The van der Waals surface area contributed by atoms with Gasteiger partial charge < -0.3 is 145 Å². The maximum absolute atomic E-state index is 12.9. The molecule has 3 amide bonds. The summed E-state index contributed by atoms with van der Waals surface area (Å²) in [5.41, 5.74) is 0. The largest absolute Gasteiger partial charge is 0.397 e. The lowest BCUT2D eigenvalue weighted by atomic mass is 9.93. The maximum Gasteiger partial charge on any atom is 0.397 e. The molecular formula is C42H71N3O33S. The van der Waals surface area contributed by atoms with Crippen LogP contribution in [0.15, 0.2) is 0 Å². The summed E-state index contributed by atoms with van der Waals surface area (Å²) in [5, 5.41) is 169. The number of carbonyl (C=O) groups excluding carboxylic acids is 3. The van der Waals surface area contributed by atoms with E-state index in [1.54, 1.807) is 0 Å². The monoisotopic (exact) mass is 1180 g/mol. The number of amides is 3. The molecule has 0 aromatic rings. The van der Waals surface area contributed by atoms with Crippen molar-refractivity contribution in [2.24, 2.45) is 0 Å². The molecule has 0 saturated carbocycles. The van der Waals surface area contributed by atoms with E-state index >= 15 is 0 Å². The van der Waals surface area contributed by atoms with E-state index in [1.807, 2.05) is 0 Å². The highest BCUT2D eigenvalue weighted by Crippen LogP contribution is 2.36. The minimum atomic E-state index is -5.37. The molecule has 0 spiro atoms. The zero-order valence-corrected chi connectivity index (χ0v) is 43.2. The van der Waals surface area contributed by atoms with Crippen LogP contribution >= 0.6 is 0 Å². The van der Waals surface area contributed by atoms with E-state index in [1.165, 1.54) is 6.92 Å². The number of hydrogen-bond acceptors (Lipinski definition) is 32. The highest BCUT2D eigenvalue weighted by atomic mass is 32.3. The molecule has 30 atom stereocenters. The topological polar surface area (TPSA) is 556 Å². The summed E-state index contributed by atoms with van der Waals surface area (Å²) in [6.07, 6.45) is -51.8. The molecule has 0 aromatic heterocycles. The zero-order valence-electron chi connectivity index (χ0n) is 42.4. The normalized spacial score (nSPS) is 47.0. The summed E-state index contributed by atoms with van der Waals surface area (Å²) in [4.78, 5) is 38.0. The SMILES string of the molecule is CC(=O)N[C@H]1[C@H](OC[C@H]2OC(O)[C@H](NC(C)=O)[C@@H](O[C@@H]3O[C@H](CO)[C@@H](O)[C@H](O[C@@H]4O[C@H](CO)[C@H](O)[C@H](O)[C@H]4O[C@@H]4O[C@@H](C)[C@@H](O)[C@@H](O)[C@@H]4O)[C@H]3NC(C)=O)[C@H]2O)O[C@H](CO)[C@@H](O[C@@H]2O[C@H](CO)[C@H](O)[C@H](OS(=O)(=O)O)[C@H]2O)[C@@H]1O. The molecule has 6 rings (SSSR count). The van der Waals surface area contributed by atoms with Gasteiger partial charge in [-0.3, -0.25) is 18.9 Å². The molecule has 0 radical (unpaired) electrons. The predicted octanol–water partition coefficient (Wildman–Crippen LogP) is -12.8. The third-order valence-electron chi connectivity index (χ3n) is 13.8. The van der Waals surface area contributed by atoms with Gasteiger partial charge in [-0.1, -0.05) is 0 Å². The summed E-state index contributed by atoms with van der Waals surface area (Å²) >= 11 is 0. The van der Waals surface area contributed by atoms with Crippen molar-refractivity contribution in [2.45, 2.75) is 212 Å². The predicted molar refractivity (Wildman–Crippen MR) is 243 cm³/mol. The number of nitrogens with one attached hydrogen (secondary N) is 3. The molecule has 0 aliphatic carbocycles. The summed E-state index contributed by atoms with van der Waals surface area (Å²) in [5.74, 6) is -2.57. The van der Waals surface area contributed by atoms with Crippen molar-refractivity contribution in [1.82, 2.24) is 16.0 Å². The van der Waals surface area contributed by atoms with Gasteiger partial charge in [0.15, 0.2) is 37.7 Å². The van der Waals surface area contributed by atoms with Gasteiger partial charge >= 0.3 is 10.4 Å². The number of aliphatic hydroxyl groups is 15. The molecule has 458 valence electrons. The first kappa shape index (κ1) is 65.4. The van der Waals surface area contributed by atoms with Gasteiger partial charge in [-0.05, 0) is 6.92 Å². The Bertz CT molecular complexity index is 2110. The second-order valence-electron chi connectivity index (χ2n) is 19.5. The Morgan fingerprint density at radius 3 is 1.43 bits per heavy atom. The van der Waals surface area contributed by atoms with Crippen LogP contribution in [0.3, 0.4) is 0 Å². The number of carbonyl (C=O) groups is 3. The quantitative estimate of drug-likeness (QED) is 0.0503. The molecule has 6 heterocycles. The van der Waals surface area contributed by atoms with Gasteiger partial charge in [0.2, 0.25) is 17.7 Å². The van der Waals surface area contributed by atoms with E-state index in [4.69, 9.17) is 52.1 Å². The van der Waals surface area contributed by atoms with E-state index in [0.29, 0.717) is 0 Å². The first-order valence-corrected chi connectivity index (χ1v) is 26.0. The minimum Gasteiger partial charge on any atom is -0.394 e. The lowest BCUT2D eigenvalue weighted by molar-refractivity contribution is -0.384. The smallest absolute Gasteiger partial charge is 0.394 e. The Hall–Kier alpha value is -2.76. The van der Waals surface area contributed by atoms with Crippen LogP contribution in [0.4, 0.5) is 0 Å². The lowest BCUT2D eigenvalue weighted by Gasteiger charge is -2.50. The summed E-state index contributed by atoms with van der Waals surface area (Å²) < 4.78 is 100. The number of hydrogen-bond donors (Lipinski definition) is 19. The van der Waals surface area contributed by atoms with E-state index in [2.05, 4.69) is 20.1 Å². The molecule has 79 heavy (non-hydrogen) atoms. The maximum atomic E-state index is 12.9. The summed E-state index contributed by atoms with van der Waals surface area (Å²) in [7, 11) is -5.37. The van der Waals surface area contributed by atoms with Crippen LogP contribution in [0.5, 0.6) is 0 Å². The van der Waals surface area contributed by atoms with Crippen LogP contribution in [-0.2, 0) is 81.1 Å². The van der Waals surface area contributed by atoms with Crippen LogP contribution in [0.1, 0.15) is 27.7 Å². The average molecular weight is 1180 g/mol. The van der Waals surface area contributed by atoms with Crippen molar-refractivity contribution in [3.63, 3.8) is 0 Å². The minimum absolute atomic E-state index is 0.843. The Morgan fingerprint density at radius 1 is 0.418 bits per heavy atom. The van der Waals surface area contributed by atoms with E-state index < -0.39 is 245 Å². The second kappa shape index (κ2) is 27.8. The first-order chi connectivity index (χ1) is 37.0. The molecule has 37 heteroatoms. The Labute approximate surface area is 448 Å². The van der Waals surface area contributed by atoms with Crippen LogP contribution in [0.2, 0.25) is 0 Å². The summed E-state index contributed by atoms with van der Waals surface area (Å²) in [6.45, 7) is -0.714. The Balaban J connectivity index is 1.25. The van der Waals surface area contributed by atoms with Crippen LogP contribution in [0, 0.1) is 0 Å². The molecule has 6 aliphatic rings.